The van der Waals surface area contributed by atoms with E-state index in [0.29, 0.717) is 0 Å². The largest absolute Gasteiger partial charge is 0.311 e. The first-order valence-electron chi connectivity index (χ1n) is 7.54. The lowest BCUT2D eigenvalue weighted by Crippen LogP contribution is -2.23. The average Bonchev–Trinajstić information content (AvgIpc) is 2.69. The van der Waals surface area contributed by atoms with Crippen LogP contribution in [0.2, 0.25) is 5.02 Å². The minimum Gasteiger partial charge on any atom is -0.311 e. The summed E-state index contributed by atoms with van der Waals surface area (Å²) >= 11 is 6.34. The van der Waals surface area contributed by atoms with Gasteiger partial charge in [0.1, 0.15) is 0 Å². The maximum Gasteiger partial charge on any atom is 0.0863 e. The van der Waals surface area contributed by atoms with Crippen LogP contribution in [0.15, 0.2) is 0 Å². The Morgan fingerprint density at radius 1 is 1.32 bits per heavy atom. The third-order valence-corrected chi connectivity index (χ3v) is 4.21. The molecule has 19 heavy (non-hydrogen) atoms. The van der Waals surface area contributed by atoms with Gasteiger partial charge in [0.25, 0.3) is 0 Å². The summed E-state index contributed by atoms with van der Waals surface area (Å²) in [6.45, 7) is 8.49. The molecule has 0 radical (unpaired) electrons. The van der Waals surface area contributed by atoms with E-state index in [0.717, 1.165) is 41.8 Å². The molecule has 0 spiro atoms. The zero-order valence-corrected chi connectivity index (χ0v) is 13.6. The van der Waals surface area contributed by atoms with Gasteiger partial charge in [-0.2, -0.15) is 5.10 Å². The minimum atomic E-state index is 0.776. The summed E-state index contributed by atoms with van der Waals surface area (Å²) in [7, 11) is 1.97. The molecule has 1 atom stereocenters. The van der Waals surface area contributed by atoms with Crippen molar-refractivity contribution in [1.29, 1.82) is 0 Å². The van der Waals surface area contributed by atoms with Gasteiger partial charge in [0, 0.05) is 13.6 Å². The van der Waals surface area contributed by atoms with Gasteiger partial charge < -0.3 is 5.32 Å². The number of aromatic nitrogens is 2. The molecule has 4 heteroatoms. The first-order chi connectivity index (χ1) is 9.13. The third kappa shape index (κ3) is 4.81. The lowest BCUT2D eigenvalue weighted by Gasteiger charge is -2.15. The number of hydrogen-bond donors (Lipinski definition) is 1. The highest BCUT2D eigenvalue weighted by Gasteiger charge is 2.13. The van der Waals surface area contributed by atoms with Crippen molar-refractivity contribution in [2.45, 2.75) is 59.4 Å². The number of nitrogens with zero attached hydrogens (tertiary/aromatic N) is 2. The van der Waals surface area contributed by atoms with E-state index in [1.54, 1.807) is 0 Å². The first-order valence-corrected chi connectivity index (χ1v) is 7.92. The Bertz CT molecular complexity index is 374. The van der Waals surface area contributed by atoms with Gasteiger partial charge in [0.15, 0.2) is 0 Å². The summed E-state index contributed by atoms with van der Waals surface area (Å²) in [5.74, 6) is 0.776. The highest BCUT2D eigenvalue weighted by Crippen LogP contribution is 2.20. The molecule has 110 valence electrons. The van der Waals surface area contributed by atoms with Crippen LogP contribution in [0, 0.1) is 5.92 Å². The molecule has 0 aromatic carbocycles. The summed E-state index contributed by atoms with van der Waals surface area (Å²) in [5, 5.41) is 8.81. The number of rotatable bonds is 9. The minimum absolute atomic E-state index is 0.776. The Morgan fingerprint density at radius 2 is 2.05 bits per heavy atom. The molecular formula is C15H28ClN3. The summed E-state index contributed by atoms with van der Waals surface area (Å²) in [5.41, 5.74) is 2.10. The van der Waals surface area contributed by atoms with Gasteiger partial charge in [-0.3, -0.25) is 4.68 Å². The fourth-order valence-corrected chi connectivity index (χ4v) is 2.71. The van der Waals surface area contributed by atoms with Crippen molar-refractivity contribution in [2.75, 3.05) is 6.54 Å². The van der Waals surface area contributed by atoms with E-state index in [1.165, 1.54) is 25.7 Å². The van der Waals surface area contributed by atoms with Crippen LogP contribution < -0.4 is 5.32 Å². The number of nitrogens with one attached hydrogen (secondary N) is 1. The van der Waals surface area contributed by atoms with Gasteiger partial charge in [0.2, 0.25) is 0 Å². The van der Waals surface area contributed by atoms with Crippen LogP contribution >= 0.6 is 11.6 Å². The average molecular weight is 286 g/mol. The molecule has 0 bridgehead atoms. The molecule has 1 N–H and O–H groups in total. The molecule has 0 amide bonds. The van der Waals surface area contributed by atoms with Crippen molar-refractivity contribution in [3.63, 3.8) is 0 Å². The highest BCUT2D eigenvalue weighted by atomic mass is 35.5. The second kappa shape index (κ2) is 8.60. The molecule has 0 fully saturated rings. The van der Waals surface area contributed by atoms with Crippen LogP contribution in [0.3, 0.4) is 0 Å². The molecule has 0 aliphatic carbocycles. The fraction of sp³-hybridized carbons (Fsp3) is 0.800. The summed E-state index contributed by atoms with van der Waals surface area (Å²) in [6.07, 6.45) is 6.06. The number of halogens is 1. The Balaban J connectivity index is 2.46. The lowest BCUT2D eigenvalue weighted by atomic mass is 9.99. The van der Waals surface area contributed by atoms with Crippen LogP contribution in [0.4, 0.5) is 0 Å². The van der Waals surface area contributed by atoms with E-state index in [2.05, 4.69) is 31.2 Å². The van der Waals surface area contributed by atoms with Crippen molar-refractivity contribution in [2.24, 2.45) is 13.0 Å². The Labute approximate surface area is 122 Å². The van der Waals surface area contributed by atoms with E-state index < -0.39 is 0 Å². The smallest absolute Gasteiger partial charge is 0.0863 e. The van der Waals surface area contributed by atoms with Crippen molar-refractivity contribution in [3.8, 4) is 0 Å². The third-order valence-electron chi connectivity index (χ3n) is 3.77. The SMILES string of the molecule is CCCCC(CC)CNCc1c(Cl)c(CC)nn1C. The molecule has 1 heterocycles. The molecule has 1 rings (SSSR count). The van der Waals surface area contributed by atoms with Crippen LogP contribution in [0.25, 0.3) is 0 Å². The fourth-order valence-electron chi connectivity index (χ4n) is 2.35. The summed E-state index contributed by atoms with van der Waals surface area (Å²) < 4.78 is 1.90. The van der Waals surface area contributed by atoms with Crippen LogP contribution in [-0.4, -0.2) is 16.3 Å². The van der Waals surface area contributed by atoms with Crippen molar-refractivity contribution < 1.29 is 0 Å². The molecule has 0 aliphatic rings. The molecule has 0 saturated heterocycles. The Hall–Kier alpha value is -0.540. The molecule has 1 aromatic heterocycles. The number of unbranched alkanes of at least 4 members (excludes halogenated alkanes) is 1. The van der Waals surface area contributed by atoms with Gasteiger partial charge in [-0.15, -0.1) is 0 Å². The van der Waals surface area contributed by atoms with E-state index in [4.69, 9.17) is 11.6 Å². The van der Waals surface area contributed by atoms with E-state index in [-0.39, 0.29) is 0 Å². The van der Waals surface area contributed by atoms with Crippen LogP contribution in [0.5, 0.6) is 0 Å². The second-order valence-electron chi connectivity index (χ2n) is 5.23. The number of hydrogen-bond acceptors (Lipinski definition) is 2. The monoisotopic (exact) mass is 285 g/mol. The van der Waals surface area contributed by atoms with Crippen LogP contribution in [-0.2, 0) is 20.0 Å². The van der Waals surface area contributed by atoms with Gasteiger partial charge in [0.05, 0.1) is 16.4 Å². The van der Waals surface area contributed by atoms with Crippen LogP contribution in [0.1, 0.15) is 57.8 Å². The first kappa shape index (κ1) is 16.5. The summed E-state index contributed by atoms with van der Waals surface area (Å²) in [6, 6.07) is 0. The van der Waals surface area contributed by atoms with Gasteiger partial charge in [-0.05, 0) is 25.3 Å². The standard InChI is InChI=1S/C15H28ClN3/c1-5-8-9-12(6-2)10-17-11-14-15(16)13(7-3)18-19(14)4/h12,17H,5-11H2,1-4H3. The molecule has 0 saturated carbocycles. The Morgan fingerprint density at radius 3 is 2.58 bits per heavy atom. The zero-order valence-electron chi connectivity index (χ0n) is 12.8. The predicted molar refractivity (Wildman–Crippen MR) is 82.6 cm³/mol. The quantitative estimate of drug-likeness (QED) is 0.745. The van der Waals surface area contributed by atoms with Crippen molar-refractivity contribution in [3.05, 3.63) is 16.4 Å². The summed E-state index contributed by atoms with van der Waals surface area (Å²) in [4.78, 5) is 0. The molecule has 3 nitrogen and oxygen atoms in total. The van der Waals surface area contributed by atoms with Gasteiger partial charge in [-0.25, -0.2) is 0 Å². The molecule has 1 unspecified atom stereocenters. The normalized spacial score (nSPS) is 12.9. The van der Waals surface area contributed by atoms with Crippen molar-refractivity contribution >= 4 is 11.6 Å². The topological polar surface area (TPSA) is 29.9 Å². The number of aryl methyl sites for hydroxylation is 2. The van der Waals surface area contributed by atoms with E-state index >= 15 is 0 Å². The highest BCUT2D eigenvalue weighted by molar-refractivity contribution is 6.31. The van der Waals surface area contributed by atoms with Crippen molar-refractivity contribution in [1.82, 2.24) is 15.1 Å². The van der Waals surface area contributed by atoms with Gasteiger partial charge in [-0.1, -0.05) is 51.6 Å². The molecule has 0 aliphatic heterocycles. The maximum atomic E-state index is 6.34. The zero-order chi connectivity index (χ0) is 14.3. The van der Waals surface area contributed by atoms with E-state index in [1.807, 2.05) is 11.7 Å². The van der Waals surface area contributed by atoms with Gasteiger partial charge >= 0.3 is 0 Å². The Kier molecular flexibility index (Phi) is 7.47. The maximum absolute atomic E-state index is 6.34. The molecular weight excluding hydrogens is 258 g/mol. The van der Waals surface area contributed by atoms with E-state index in [9.17, 15) is 0 Å². The predicted octanol–water partition coefficient (Wildman–Crippen LogP) is 3.94. The second-order valence-corrected chi connectivity index (χ2v) is 5.61. The lowest BCUT2D eigenvalue weighted by molar-refractivity contribution is 0.416. The molecule has 1 aromatic rings.